The SMILES string of the molecule is Cc1cc(Nc2nccc(Nc3cccc(O)c3)n2)ccc1-c1ncco1. The number of oxazole rings is 1. The fourth-order valence-electron chi connectivity index (χ4n) is 2.69. The van der Waals surface area contributed by atoms with E-state index < -0.39 is 0 Å². The van der Waals surface area contributed by atoms with E-state index in [-0.39, 0.29) is 5.75 Å². The normalized spacial score (nSPS) is 10.6. The number of nitrogens with one attached hydrogen (secondary N) is 2. The Balaban J connectivity index is 1.52. The van der Waals surface area contributed by atoms with Gasteiger partial charge < -0.3 is 20.2 Å². The van der Waals surface area contributed by atoms with Gasteiger partial charge in [0, 0.05) is 29.2 Å². The molecule has 0 spiro atoms. The number of aromatic hydroxyl groups is 1. The van der Waals surface area contributed by atoms with Crippen molar-refractivity contribution in [2.24, 2.45) is 0 Å². The summed E-state index contributed by atoms with van der Waals surface area (Å²) in [5.74, 6) is 1.86. The Hall–Kier alpha value is -3.87. The van der Waals surface area contributed by atoms with E-state index >= 15 is 0 Å². The van der Waals surface area contributed by atoms with Crippen LogP contribution in [0.25, 0.3) is 11.5 Å². The minimum Gasteiger partial charge on any atom is -0.508 e. The van der Waals surface area contributed by atoms with Crippen molar-refractivity contribution in [3.63, 3.8) is 0 Å². The van der Waals surface area contributed by atoms with Crippen LogP contribution in [0, 0.1) is 6.92 Å². The third kappa shape index (κ3) is 3.87. The molecule has 0 unspecified atom stereocenters. The van der Waals surface area contributed by atoms with Gasteiger partial charge in [0.2, 0.25) is 11.8 Å². The molecular formula is C20H17N5O2. The van der Waals surface area contributed by atoms with Gasteiger partial charge in [0.05, 0.1) is 6.20 Å². The van der Waals surface area contributed by atoms with Crippen LogP contribution in [0.2, 0.25) is 0 Å². The molecule has 0 saturated carbocycles. The molecule has 134 valence electrons. The Bertz CT molecular complexity index is 1060. The molecule has 3 N–H and O–H groups in total. The van der Waals surface area contributed by atoms with E-state index in [1.165, 1.54) is 0 Å². The van der Waals surface area contributed by atoms with Gasteiger partial charge in [-0.1, -0.05) is 6.07 Å². The molecule has 0 saturated heterocycles. The fraction of sp³-hybridized carbons (Fsp3) is 0.0500. The Kier molecular flexibility index (Phi) is 4.40. The van der Waals surface area contributed by atoms with E-state index in [4.69, 9.17) is 4.42 Å². The van der Waals surface area contributed by atoms with E-state index in [1.807, 2.05) is 31.2 Å². The summed E-state index contributed by atoms with van der Waals surface area (Å²) in [4.78, 5) is 12.9. The average molecular weight is 359 g/mol. The number of hydrogen-bond acceptors (Lipinski definition) is 7. The van der Waals surface area contributed by atoms with Crippen LogP contribution >= 0.6 is 0 Å². The Morgan fingerprint density at radius 3 is 2.59 bits per heavy atom. The van der Waals surface area contributed by atoms with Gasteiger partial charge in [0.25, 0.3) is 0 Å². The van der Waals surface area contributed by atoms with Crippen molar-refractivity contribution in [2.45, 2.75) is 6.92 Å². The number of benzene rings is 2. The summed E-state index contributed by atoms with van der Waals surface area (Å²) in [5, 5.41) is 15.9. The van der Waals surface area contributed by atoms with Gasteiger partial charge in [0.15, 0.2) is 0 Å². The first-order valence-corrected chi connectivity index (χ1v) is 8.34. The lowest BCUT2D eigenvalue weighted by Gasteiger charge is -2.10. The van der Waals surface area contributed by atoms with E-state index in [2.05, 4.69) is 25.6 Å². The molecule has 2 heterocycles. The van der Waals surface area contributed by atoms with Gasteiger partial charge in [-0.05, 0) is 48.9 Å². The van der Waals surface area contributed by atoms with Crippen molar-refractivity contribution in [2.75, 3.05) is 10.6 Å². The van der Waals surface area contributed by atoms with E-state index in [9.17, 15) is 5.11 Å². The highest BCUT2D eigenvalue weighted by Crippen LogP contribution is 2.26. The molecule has 0 aliphatic rings. The lowest BCUT2D eigenvalue weighted by atomic mass is 10.1. The Morgan fingerprint density at radius 2 is 1.81 bits per heavy atom. The average Bonchev–Trinajstić information content (AvgIpc) is 3.16. The highest BCUT2D eigenvalue weighted by Gasteiger charge is 2.08. The van der Waals surface area contributed by atoms with Crippen molar-refractivity contribution >= 4 is 23.1 Å². The largest absolute Gasteiger partial charge is 0.508 e. The molecule has 4 aromatic rings. The molecule has 0 aliphatic heterocycles. The first kappa shape index (κ1) is 16.6. The molecule has 0 fully saturated rings. The van der Waals surface area contributed by atoms with E-state index in [0.717, 1.165) is 22.5 Å². The summed E-state index contributed by atoms with van der Waals surface area (Å²) in [7, 11) is 0. The first-order chi connectivity index (χ1) is 13.2. The van der Waals surface area contributed by atoms with Crippen LogP contribution in [0.15, 0.2) is 71.6 Å². The van der Waals surface area contributed by atoms with Crippen LogP contribution in [0.1, 0.15) is 5.56 Å². The molecule has 0 amide bonds. The topological polar surface area (TPSA) is 96.1 Å². The van der Waals surface area contributed by atoms with Crippen LogP contribution in [-0.2, 0) is 0 Å². The second kappa shape index (κ2) is 7.17. The lowest BCUT2D eigenvalue weighted by molar-refractivity contribution is 0.475. The molecular weight excluding hydrogens is 342 g/mol. The molecule has 2 aromatic heterocycles. The van der Waals surface area contributed by atoms with Gasteiger partial charge in [0.1, 0.15) is 17.8 Å². The number of rotatable bonds is 5. The maximum Gasteiger partial charge on any atom is 0.229 e. The summed E-state index contributed by atoms with van der Waals surface area (Å²) in [5.41, 5.74) is 3.56. The predicted octanol–water partition coefficient (Wildman–Crippen LogP) is 4.63. The number of phenols is 1. The summed E-state index contributed by atoms with van der Waals surface area (Å²) in [6.45, 7) is 1.99. The summed E-state index contributed by atoms with van der Waals surface area (Å²) >= 11 is 0. The minimum atomic E-state index is 0.189. The van der Waals surface area contributed by atoms with Gasteiger partial charge in [-0.25, -0.2) is 9.97 Å². The zero-order valence-electron chi connectivity index (χ0n) is 14.5. The van der Waals surface area contributed by atoms with Crippen molar-refractivity contribution in [3.8, 4) is 17.2 Å². The number of anilines is 4. The number of aryl methyl sites for hydroxylation is 1. The number of aromatic nitrogens is 3. The second-order valence-corrected chi connectivity index (χ2v) is 5.93. The monoisotopic (exact) mass is 359 g/mol. The highest BCUT2D eigenvalue weighted by atomic mass is 16.3. The summed E-state index contributed by atoms with van der Waals surface area (Å²) in [6.07, 6.45) is 4.84. The molecule has 7 nitrogen and oxygen atoms in total. The standard InChI is InChI=1S/C20H17N5O2/c1-13-11-15(5-6-17(13)19-21-9-10-27-19)24-20-22-8-7-18(25-20)23-14-3-2-4-16(26)12-14/h2-12,26H,1H3,(H2,22,23,24,25). The number of nitrogens with zero attached hydrogens (tertiary/aromatic N) is 3. The smallest absolute Gasteiger partial charge is 0.229 e. The van der Waals surface area contributed by atoms with Gasteiger partial charge in [-0.2, -0.15) is 4.98 Å². The van der Waals surface area contributed by atoms with Crippen molar-refractivity contribution in [1.82, 2.24) is 15.0 Å². The van der Waals surface area contributed by atoms with Crippen molar-refractivity contribution < 1.29 is 9.52 Å². The molecule has 2 aromatic carbocycles. The summed E-state index contributed by atoms with van der Waals surface area (Å²) < 4.78 is 5.36. The predicted molar refractivity (Wildman–Crippen MR) is 103 cm³/mol. The fourth-order valence-corrected chi connectivity index (χ4v) is 2.69. The molecule has 0 atom stereocenters. The summed E-state index contributed by atoms with van der Waals surface area (Å²) in [6, 6.07) is 14.5. The van der Waals surface area contributed by atoms with Crippen molar-refractivity contribution in [1.29, 1.82) is 0 Å². The third-order valence-electron chi connectivity index (χ3n) is 3.92. The van der Waals surface area contributed by atoms with Crippen LogP contribution in [0.3, 0.4) is 0 Å². The van der Waals surface area contributed by atoms with Crippen LogP contribution < -0.4 is 10.6 Å². The molecule has 0 radical (unpaired) electrons. The van der Waals surface area contributed by atoms with Crippen molar-refractivity contribution in [3.05, 3.63) is 72.8 Å². The van der Waals surface area contributed by atoms with Gasteiger partial charge in [-0.3, -0.25) is 0 Å². The maximum atomic E-state index is 9.56. The zero-order valence-corrected chi connectivity index (χ0v) is 14.5. The quantitative estimate of drug-likeness (QED) is 0.478. The van der Waals surface area contributed by atoms with E-state index in [0.29, 0.717) is 17.7 Å². The maximum absolute atomic E-state index is 9.56. The Morgan fingerprint density at radius 1 is 0.926 bits per heavy atom. The molecule has 7 heteroatoms. The van der Waals surface area contributed by atoms with Gasteiger partial charge >= 0.3 is 0 Å². The highest BCUT2D eigenvalue weighted by molar-refractivity contribution is 5.66. The zero-order chi connectivity index (χ0) is 18.6. The van der Waals surface area contributed by atoms with Crippen LogP contribution in [0.4, 0.5) is 23.1 Å². The number of phenolic OH excluding ortho intramolecular Hbond substituents is 1. The first-order valence-electron chi connectivity index (χ1n) is 8.34. The lowest BCUT2D eigenvalue weighted by Crippen LogP contribution is -2.00. The van der Waals surface area contributed by atoms with Crippen LogP contribution in [-0.4, -0.2) is 20.1 Å². The van der Waals surface area contributed by atoms with E-state index in [1.54, 1.807) is 42.9 Å². The molecule has 27 heavy (non-hydrogen) atoms. The number of hydrogen-bond donors (Lipinski definition) is 3. The molecule has 0 bridgehead atoms. The third-order valence-corrected chi connectivity index (χ3v) is 3.92. The van der Waals surface area contributed by atoms with Gasteiger partial charge in [-0.15, -0.1) is 0 Å². The molecule has 4 rings (SSSR count). The minimum absolute atomic E-state index is 0.189. The van der Waals surface area contributed by atoms with Crippen LogP contribution in [0.5, 0.6) is 5.75 Å². The Labute approximate surface area is 155 Å². The molecule has 0 aliphatic carbocycles. The second-order valence-electron chi connectivity index (χ2n) is 5.93.